The van der Waals surface area contributed by atoms with Gasteiger partial charge in [-0.1, -0.05) is 0 Å². The summed E-state index contributed by atoms with van der Waals surface area (Å²) in [5.74, 6) is 0. The first-order valence-corrected chi connectivity index (χ1v) is 3.13. The minimum Gasteiger partial charge on any atom is -0.394 e. The zero-order valence-electron chi connectivity index (χ0n) is 4.93. The molecule has 56 valence electrons. The van der Waals surface area contributed by atoms with Gasteiger partial charge >= 0.3 is 0 Å². The van der Waals surface area contributed by atoms with Crippen LogP contribution in [0.25, 0.3) is 0 Å². The molecule has 1 aromatic rings. The summed E-state index contributed by atoms with van der Waals surface area (Å²) in [4.78, 5) is 13.5. The van der Waals surface area contributed by atoms with Crippen LogP contribution in [0.4, 0.5) is 5.69 Å². The molecule has 0 unspecified atom stereocenters. The molecule has 5 heteroatoms. The molecule has 10 heavy (non-hydrogen) atoms. The van der Waals surface area contributed by atoms with Gasteiger partial charge in [-0.3, -0.25) is 4.79 Å². The van der Waals surface area contributed by atoms with E-state index in [1.54, 1.807) is 6.20 Å². The molecular weight excluding hydrogens is 219 g/mol. The number of hydrogen-bond donors (Lipinski definition) is 2. The second kappa shape index (κ2) is 3.63. The first-order valence-electron chi connectivity index (χ1n) is 2.34. The highest BCUT2D eigenvalue weighted by molar-refractivity contribution is 9.10. The molecule has 0 saturated heterocycles. The predicted molar refractivity (Wildman–Crippen MR) is 46.4 cm³/mol. The molecule has 1 rings (SSSR count). The lowest BCUT2D eigenvalue weighted by atomic mass is 10.4. The molecule has 1 heterocycles. The summed E-state index contributed by atoms with van der Waals surface area (Å²) in [6, 6.07) is 0. The van der Waals surface area contributed by atoms with Crippen molar-refractivity contribution in [1.82, 2.24) is 4.98 Å². The minimum absolute atomic E-state index is 0. The molecule has 0 saturated carbocycles. The molecule has 0 radical (unpaired) electrons. The van der Waals surface area contributed by atoms with Crippen LogP contribution in [0.15, 0.2) is 21.7 Å². The molecule has 0 aliphatic carbocycles. The van der Waals surface area contributed by atoms with E-state index in [0.29, 0.717) is 4.47 Å². The van der Waals surface area contributed by atoms with E-state index in [1.807, 2.05) is 0 Å². The number of aromatic amines is 1. The lowest BCUT2D eigenvalue weighted by molar-refractivity contribution is 1.28. The maximum absolute atomic E-state index is 10.8. The van der Waals surface area contributed by atoms with Crippen LogP contribution in [0, 0.1) is 0 Å². The molecule has 1 aromatic heterocycles. The molecule has 0 atom stereocenters. The highest BCUT2D eigenvalue weighted by atomic mass is 79.9. The first-order chi connectivity index (χ1) is 4.22. The summed E-state index contributed by atoms with van der Waals surface area (Å²) in [5.41, 5.74) is 5.30. The highest BCUT2D eigenvalue weighted by Gasteiger charge is 1.95. The molecular formula is C5H6BrClN2O. The van der Waals surface area contributed by atoms with Crippen molar-refractivity contribution in [3.8, 4) is 0 Å². The lowest BCUT2D eigenvalue weighted by Crippen LogP contribution is -2.08. The third-order valence-electron chi connectivity index (χ3n) is 0.928. The topological polar surface area (TPSA) is 58.9 Å². The molecule has 0 spiro atoms. The number of hydrogen-bond acceptors (Lipinski definition) is 2. The largest absolute Gasteiger partial charge is 0.394 e. The Bertz CT molecular complexity index is 249. The van der Waals surface area contributed by atoms with Crippen molar-refractivity contribution in [3.05, 3.63) is 27.1 Å². The Kier molecular flexibility index (Phi) is 3.46. The third kappa shape index (κ3) is 1.75. The fraction of sp³-hybridized carbons (Fsp3) is 0. The Hall–Kier alpha value is -0.480. The Morgan fingerprint density at radius 1 is 1.50 bits per heavy atom. The van der Waals surface area contributed by atoms with Gasteiger partial charge in [-0.2, -0.15) is 0 Å². The molecule has 3 nitrogen and oxygen atoms in total. The van der Waals surface area contributed by atoms with Gasteiger partial charge in [0.05, 0.1) is 10.2 Å². The van der Waals surface area contributed by atoms with Crippen molar-refractivity contribution in [2.45, 2.75) is 0 Å². The van der Waals surface area contributed by atoms with E-state index < -0.39 is 0 Å². The summed E-state index contributed by atoms with van der Waals surface area (Å²) >= 11 is 3.02. The summed E-state index contributed by atoms with van der Waals surface area (Å²) in [6.07, 6.45) is 2.99. The number of nitrogens with two attached hydrogens (primary N) is 1. The Morgan fingerprint density at radius 2 is 2.10 bits per heavy atom. The zero-order chi connectivity index (χ0) is 6.85. The van der Waals surface area contributed by atoms with E-state index in [0.717, 1.165) is 0 Å². The Balaban J connectivity index is 0.000000810. The minimum atomic E-state index is -0.172. The fourth-order valence-corrected chi connectivity index (χ4v) is 0.835. The van der Waals surface area contributed by atoms with Crippen LogP contribution >= 0.6 is 28.3 Å². The van der Waals surface area contributed by atoms with Gasteiger partial charge in [0.25, 0.3) is 0 Å². The maximum Gasteiger partial charge on any atom is 0.218 e. The normalized spacial score (nSPS) is 8.50. The molecule has 3 N–H and O–H groups in total. The average Bonchev–Trinajstić information content (AvgIpc) is 1.83. The van der Waals surface area contributed by atoms with Crippen molar-refractivity contribution in [2.24, 2.45) is 0 Å². The van der Waals surface area contributed by atoms with Gasteiger partial charge < -0.3 is 10.7 Å². The monoisotopic (exact) mass is 224 g/mol. The Morgan fingerprint density at radius 3 is 2.50 bits per heavy atom. The standard InChI is InChI=1S/C5H5BrN2O.ClH/c6-3-1-8-2-4(7)5(3)9;/h1-2H,7H2,(H,8,9);1H. The highest BCUT2D eigenvalue weighted by Crippen LogP contribution is 2.01. The number of nitrogen functional groups attached to an aromatic ring is 1. The van der Waals surface area contributed by atoms with E-state index in [9.17, 15) is 4.79 Å². The molecule has 0 amide bonds. The summed E-state index contributed by atoms with van der Waals surface area (Å²) in [6.45, 7) is 0. The lowest BCUT2D eigenvalue weighted by Gasteiger charge is -1.89. The van der Waals surface area contributed by atoms with Crippen molar-refractivity contribution >= 4 is 34.0 Å². The van der Waals surface area contributed by atoms with E-state index in [1.165, 1.54) is 6.20 Å². The van der Waals surface area contributed by atoms with Gasteiger partial charge in [0.1, 0.15) is 0 Å². The van der Waals surface area contributed by atoms with Crippen molar-refractivity contribution in [1.29, 1.82) is 0 Å². The SMILES string of the molecule is Cl.Nc1c[nH]cc(Br)c1=O. The van der Waals surface area contributed by atoms with Crippen LogP contribution in [-0.2, 0) is 0 Å². The molecule has 0 fully saturated rings. The number of aromatic nitrogens is 1. The van der Waals surface area contributed by atoms with Crippen LogP contribution in [0.3, 0.4) is 0 Å². The summed E-state index contributed by atoms with van der Waals surface area (Å²) in [7, 11) is 0. The molecule has 0 aromatic carbocycles. The van der Waals surface area contributed by atoms with E-state index in [-0.39, 0.29) is 23.5 Å². The van der Waals surface area contributed by atoms with Crippen LogP contribution in [0.5, 0.6) is 0 Å². The Labute approximate surface area is 72.2 Å². The van der Waals surface area contributed by atoms with Crippen molar-refractivity contribution < 1.29 is 0 Å². The van der Waals surface area contributed by atoms with Gasteiger partial charge in [0, 0.05) is 12.4 Å². The predicted octanol–water partition coefficient (Wildman–Crippen LogP) is 1.14. The van der Waals surface area contributed by atoms with Crippen molar-refractivity contribution in [2.75, 3.05) is 5.73 Å². The second-order valence-electron chi connectivity index (χ2n) is 1.59. The number of rotatable bonds is 0. The number of anilines is 1. The van der Waals surface area contributed by atoms with E-state index >= 15 is 0 Å². The smallest absolute Gasteiger partial charge is 0.218 e. The molecule has 0 aliphatic heterocycles. The van der Waals surface area contributed by atoms with Crippen LogP contribution in [-0.4, -0.2) is 4.98 Å². The molecule has 0 bridgehead atoms. The van der Waals surface area contributed by atoms with Crippen LogP contribution < -0.4 is 11.2 Å². The fourth-order valence-electron chi connectivity index (χ4n) is 0.474. The first kappa shape index (κ1) is 9.52. The average molecular weight is 225 g/mol. The summed E-state index contributed by atoms with van der Waals surface area (Å²) < 4.78 is 0.461. The van der Waals surface area contributed by atoms with Gasteiger partial charge in [0.2, 0.25) is 5.43 Å². The van der Waals surface area contributed by atoms with E-state index in [2.05, 4.69) is 20.9 Å². The van der Waals surface area contributed by atoms with Crippen LogP contribution in [0.2, 0.25) is 0 Å². The van der Waals surface area contributed by atoms with E-state index in [4.69, 9.17) is 5.73 Å². The number of pyridine rings is 1. The maximum atomic E-state index is 10.8. The number of halogens is 2. The van der Waals surface area contributed by atoms with Crippen LogP contribution in [0.1, 0.15) is 0 Å². The second-order valence-corrected chi connectivity index (χ2v) is 2.44. The van der Waals surface area contributed by atoms with Gasteiger partial charge in [0.15, 0.2) is 0 Å². The van der Waals surface area contributed by atoms with Gasteiger partial charge in [-0.25, -0.2) is 0 Å². The third-order valence-corrected chi connectivity index (χ3v) is 1.52. The summed E-state index contributed by atoms with van der Waals surface area (Å²) in [5, 5.41) is 0. The molecule has 0 aliphatic rings. The zero-order valence-corrected chi connectivity index (χ0v) is 7.33. The number of H-pyrrole nitrogens is 1. The van der Waals surface area contributed by atoms with Gasteiger partial charge in [-0.05, 0) is 15.9 Å². The quantitative estimate of drug-likeness (QED) is 0.696. The van der Waals surface area contributed by atoms with Gasteiger partial charge in [-0.15, -0.1) is 12.4 Å². The van der Waals surface area contributed by atoms with Crippen molar-refractivity contribution in [3.63, 3.8) is 0 Å². The number of nitrogens with one attached hydrogen (secondary N) is 1.